The van der Waals surface area contributed by atoms with Crippen molar-refractivity contribution in [1.82, 2.24) is 10.1 Å². The minimum Gasteiger partial charge on any atom is -0.508 e. The highest BCUT2D eigenvalue weighted by atomic mass is 127. The molecule has 0 aliphatic rings. The molecule has 0 saturated heterocycles. The van der Waals surface area contributed by atoms with Crippen LogP contribution >= 0.6 is 34.2 Å². The van der Waals surface area contributed by atoms with Gasteiger partial charge in [-0.15, -0.1) is 0 Å². The van der Waals surface area contributed by atoms with Crippen molar-refractivity contribution in [3.8, 4) is 28.6 Å². The lowest BCUT2D eigenvalue weighted by atomic mass is 10.2. The van der Waals surface area contributed by atoms with Gasteiger partial charge in [0.2, 0.25) is 5.82 Å². The van der Waals surface area contributed by atoms with E-state index in [9.17, 15) is 5.11 Å². The number of hydrogen-bond donors (Lipinski definition) is 1. The molecule has 0 saturated carbocycles. The molecule has 0 bridgehead atoms. The van der Waals surface area contributed by atoms with Gasteiger partial charge in [-0.05, 0) is 52.9 Å². The number of aromatic hydroxyl groups is 1. The van der Waals surface area contributed by atoms with Crippen LogP contribution in [-0.4, -0.2) is 15.2 Å². The highest BCUT2D eigenvalue weighted by Crippen LogP contribution is 2.27. The van der Waals surface area contributed by atoms with Crippen LogP contribution in [0.25, 0.3) is 22.8 Å². The maximum atomic E-state index is 9.46. The molecule has 100 valence electrons. The third-order valence-electron chi connectivity index (χ3n) is 2.70. The number of nitrogens with zero attached hydrogens (tertiary/aromatic N) is 2. The molecule has 0 amide bonds. The first kappa shape index (κ1) is 13.4. The average molecular weight is 399 g/mol. The maximum absolute atomic E-state index is 9.46. The summed E-state index contributed by atoms with van der Waals surface area (Å²) in [6, 6.07) is 12.2. The molecular formula is C14H8ClIN2O2. The van der Waals surface area contributed by atoms with Crippen molar-refractivity contribution >= 4 is 34.2 Å². The molecule has 1 aromatic heterocycles. The van der Waals surface area contributed by atoms with Crippen LogP contribution in [0.2, 0.25) is 5.02 Å². The molecule has 0 unspecified atom stereocenters. The van der Waals surface area contributed by atoms with Crippen LogP contribution in [-0.2, 0) is 0 Å². The zero-order chi connectivity index (χ0) is 14.1. The second kappa shape index (κ2) is 5.41. The van der Waals surface area contributed by atoms with E-state index in [0.29, 0.717) is 22.3 Å². The van der Waals surface area contributed by atoms with Crippen LogP contribution in [0.15, 0.2) is 47.0 Å². The Bertz CT molecular complexity index is 773. The van der Waals surface area contributed by atoms with E-state index in [1.807, 2.05) is 12.1 Å². The van der Waals surface area contributed by atoms with Crippen molar-refractivity contribution in [3.05, 3.63) is 51.1 Å². The summed E-state index contributed by atoms with van der Waals surface area (Å²) in [5.74, 6) is 0.971. The van der Waals surface area contributed by atoms with Gasteiger partial charge in [-0.2, -0.15) is 4.98 Å². The first-order valence-corrected chi connectivity index (χ1v) is 7.18. The van der Waals surface area contributed by atoms with E-state index in [1.165, 1.54) is 0 Å². The van der Waals surface area contributed by atoms with Gasteiger partial charge in [0.05, 0.1) is 5.02 Å². The van der Waals surface area contributed by atoms with Crippen molar-refractivity contribution in [3.63, 3.8) is 0 Å². The van der Waals surface area contributed by atoms with Crippen molar-refractivity contribution in [2.24, 2.45) is 0 Å². The van der Waals surface area contributed by atoms with Gasteiger partial charge in [0.25, 0.3) is 5.89 Å². The molecule has 2 aromatic carbocycles. The van der Waals surface area contributed by atoms with E-state index in [4.69, 9.17) is 16.1 Å². The van der Waals surface area contributed by atoms with Gasteiger partial charge in [0, 0.05) is 14.7 Å². The van der Waals surface area contributed by atoms with Crippen LogP contribution in [0.4, 0.5) is 0 Å². The van der Waals surface area contributed by atoms with Gasteiger partial charge in [0.1, 0.15) is 5.75 Å². The average Bonchev–Trinajstić information content (AvgIpc) is 2.92. The van der Waals surface area contributed by atoms with Crippen molar-refractivity contribution < 1.29 is 9.63 Å². The van der Waals surface area contributed by atoms with E-state index in [0.717, 1.165) is 9.13 Å². The number of halogens is 2. The topological polar surface area (TPSA) is 59.2 Å². The zero-order valence-corrected chi connectivity index (χ0v) is 13.0. The SMILES string of the molecule is Oc1cccc(-c2noc(-c3ccc(I)c(Cl)c3)n2)c1. The minimum absolute atomic E-state index is 0.158. The van der Waals surface area contributed by atoms with Gasteiger partial charge in [-0.1, -0.05) is 28.9 Å². The molecule has 4 nitrogen and oxygen atoms in total. The van der Waals surface area contributed by atoms with Crippen molar-refractivity contribution in [2.75, 3.05) is 0 Å². The summed E-state index contributed by atoms with van der Waals surface area (Å²) >= 11 is 8.23. The first-order valence-electron chi connectivity index (χ1n) is 5.72. The molecule has 0 atom stereocenters. The fourth-order valence-corrected chi connectivity index (χ4v) is 2.25. The third-order valence-corrected chi connectivity index (χ3v) is 4.27. The predicted molar refractivity (Wildman–Crippen MR) is 84.6 cm³/mol. The number of phenolic OH excluding ortho intramolecular Hbond substituents is 1. The molecule has 0 aliphatic heterocycles. The summed E-state index contributed by atoms with van der Waals surface area (Å²) in [5, 5.41) is 14.0. The molecular weight excluding hydrogens is 391 g/mol. The molecule has 0 fully saturated rings. The Morgan fingerprint density at radius 1 is 1.10 bits per heavy atom. The largest absolute Gasteiger partial charge is 0.508 e. The molecule has 1 N–H and O–H groups in total. The molecule has 0 radical (unpaired) electrons. The standard InChI is InChI=1S/C14H8ClIN2O2/c15-11-7-9(4-5-12(11)16)14-17-13(18-20-14)8-2-1-3-10(19)6-8/h1-7,19H. The summed E-state index contributed by atoms with van der Waals surface area (Å²) in [6.45, 7) is 0. The van der Waals surface area contributed by atoms with Crippen LogP contribution in [0, 0.1) is 3.57 Å². The Hall–Kier alpha value is -1.60. The summed E-state index contributed by atoms with van der Waals surface area (Å²) in [6.07, 6.45) is 0. The lowest BCUT2D eigenvalue weighted by molar-refractivity contribution is 0.432. The Balaban J connectivity index is 1.99. The van der Waals surface area contributed by atoms with Gasteiger partial charge in [0.15, 0.2) is 0 Å². The molecule has 1 heterocycles. The normalized spacial score (nSPS) is 10.7. The quantitative estimate of drug-likeness (QED) is 0.651. The maximum Gasteiger partial charge on any atom is 0.258 e. The van der Waals surface area contributed by atoms with Crippen molar-refractivity contribution in [1.29, 1.82) is 0 Å². The molecule has 3 rings (SSSR count). The van der Waals surface area contributed by atoms with Crippen LogP contribution in [0.1, 0.15) is 0 Å². The van der Waals surface area contributed by atoms with Gasteiger partial charge in [-0.25, -0.2) is 0 Å². The molecule has 6 heteroatoms. The fraction of sp³-hybridized carbons (Fsp3) is 0. The van der Waals surface area contributed by atoms with Gasteiger partial charge >= 0.3 is 0 Å². The lowest BCUT2D eigenvalue weighted by Crippen LogP contribution is -1.82. The summed E-state index contributed by atoms with van der Waals surface area (Å²) in [7, 11) is 0. The minimum atomic E-state index is 0.158. The Labute approximate surface area is 133 Å². The van der Waals surface area contributed by atoms with Gasteiger partial charge in [-0.3, -0.25) is 0 Å². The number of rotatable bonds is 2. The van der Waals surface area contributed by atoms with E-state index >= 15 is 0 Å². The number of phenols is 1. The zero-order valence-electron chi connectivity index (χ0n) is 10.0. The van der Waals surface area contributed by atoms with Crippen molar-refractivity contribution in [2.45, 2.75) is 0 Å². The lowest BCUT2D eigenvalue weighted by Gasteiger charge is -1.97. The van der Waals surface area contributed by atoms with Crippen LogP contribution in [0.3, 0.4) is 0 Å². The highest BCUT2D eigenvalue weighted by Gasteiger charge is 2.12. The monoisotopic (exact) mass is 398 g/mol. The Kier molecular flexibility index (Phi) is 3.62. The molecule has 0 spiro atoms. The number of benzene rings is 2. The first-order chi connectivity index (χ1) is 9.63. The summed E-state index contributed by atoms with van der Waals surface area (Å²) in [4.78, 5) is 4.31. The predicted octanol–water partition coefficient (Wildman–Crippen LogP) is 4.37. The summed E-state index contributed by atoms with van der Waals surface area (Å²) in [5.41, 5.74) is 1.45. The highest BCUT2D eigenvalue weighted by molar-refractivity contribution is 14.1. The Morgan fingerprint density at radius 2 is 1.95 bits per heavy atom. The van der Waals surface area contributed by atoms with E-state index < -0.39 is 0 Å². The second-order valence-electron chi connectivity index (χ2n) is 4.10. The van der Waals surface area contributed by atoms with Gasteiger partial charge < -0.3 is 9.63 Å². The molecule has 0 aliphatic carbocycles. The van der Waals surface area contributed by atoms with E-state index in [1.54, 1.807) is 30.3 Å². The van der Waals surface area contributed by atoms with E-state index in [2.05, 4.69) is 32.7 Å². The van der Waals surface area contributed by atoms with E-state index in [-0.39, 0.29) is 5.75 Å². The fourth-order valence-electron chi connectivity index (χ4n) is 1.73. The third kappa shape index (κ3) is 2.64. The number of hydrogen-bond acceptors (Lipinski definition) is 4. The van der Waals surface area contributed by atoms with Crippen LogP contribution in [0.5, 0.6) is 5.75 Å². The molecule has 20 heavy (non-hydrogen) atoms. The smallest absolute Gasteiger partial charge is 0.258 e. The number of aromatic nitrogens is 2. The Morgan fingerprint density at radius 3 is 2.70 bits per heavy atom. The molecule has 3 aromatic rings. The van der Waals surface area contributed by atoms with Crippen LogP contribution < -0.4 is 0 Å². The second-order valence-corrected chi connectivity index (χ2v) is 5.67. The summed E-state index contributed by atoms with van der Waals surface area (Å²) < 4.78 is 6.20.